The average Bonchev–Trinajstić information content (AvgIpc) is 2.75. The molecule has 0 heterocycles. The van der Waals surface area contributed by atoms with Gasteiger partial charge in [0.1, 0.15) is 6.61 Å². The van der Waals surface area contributed by atoms with Crippen LogP contribution in [0.5, 0.6) is 0 Å². The molecule has 0 aromatic heterocycles. The lowest BCUT2D eigenvalue weighted by Gasteiger charge is -2.54. The number of benzene rings is 1. The lowest BCUT2D eigenvalue weighted by Crippen LogP contribution is -2.49. The molecule has 7 heteroatoms. The molecule has 0 aliphatic heterocycles. The molecule has 3 rings (SSSR count). The highest BCUT2D eigenvalue weighted by Crippen LogP contribution is 2.56. The van der Waals surface area contributed by atoms with Gasteiger partial charge in [0.2, 0.25) is 0 Å². The van der Waals surface area contributed by atoms with Crippen LogP contribution in [0.2, 0.25) is 0 Å². The normalized spacial score (nSPS) is 26.4. The van der Waals surface area contributed by atoms with Crippen LogP contribution < -0.4 is 5.73 Å². The molecule has 1 aromatic rings. The molecule has 1 fully saturated rings. The highest BCUT2D eigenvalue weighted by molar-refractivity contribution is 5.89. The standard InChI is InChI=1S/C22H34N2O.C4H4O4/c1-16(2)17-6-8-19-18(14-17)7-9-20-21(3,15-24-25-13-12-23)10-5-11-22(19,20)4;5-3(6)1-2-4(7)8/h6,8,14-16,20H,5,7,9-13,23H2,1-4H3;1-2H,(H,5,6)(H,7,8)/b;2-1+/t20?,21-,22-;/m1./s1. The number of carbonyl (C=O) groups is 2. The molecule has 1 aromatic carbocycles. The summed E-state index contributed by atoms with van der Waals surface area (Å²) < 4.78 is 0. The molecule has 0 bridgehead atoms. The lowest BCUT2D eigenvalue weighted by atomic mass is 9.50. The van der Waals surface area contributed by atoms with Crippen molar-refractivity contribution >= 4 is 18.2 Å². The van der Waals surface area contributed by atoms with Gasteiger partial charge in [-0.1, -0.05) is 57.5 Å². The SMILES string of the molecule is CC(C)c1ccc2c(c1)CCC1[C@@](C)(C=NOCCN)CCC[C@]21C.O=C(O)/C=C/C(=O)O. The second-order valence-corrected chi connectivity index (χ2v) is 9.81. The van der Waals surface area contributed by atoms with E-state index < -0.39 is 11.9 Å². The largest absolute Gasteiger partial charge is 0.478 e. The Bertz CT molecular complexity index is 879. The quantitative estimate of drug-likeness (QED) is 0.239. The third-order valence-corrected chi connectivity index (χ3v) is 7.09. The number of carboxylic acids is 2. The molecule has 1 unspecified atom stereocenters. The zero-order valence-corrected chi connectivity index (χ0v) is 20.2. The maximum atomic E-state index is 9.55. The van der Waals surface area contributed by atoms with Crippen molar-refractivity contribution in [3.63, 3.8) is 0 Å². The third-order valence-electron chi connectivity index (χ3n) is 7.09. The van der Waals surface area contributed by atoms with Gasteiger partial charge >= 0.3 is 11.9 Å². The van der Waals surface area contributed by atoms with Crippen LogP contribution in [0.1, 0.15) is 76.0 Å². The monoisotopic (exact) mass is 458 g/mol. The molecule has 4 N–H and O–H groups in total. The number of oxime groups is 1. The fourth-order valence-corrected chi connectivity index (χ4v) is 5.48. The molecule has 0 spiro atoms. The first kappa shape index (κ1) is 26.6. The van der Waals surface area contributed by atoms with Crippen LogP contribution in [-0.4, -0.2) is 41.5 Å². The number of rotatable bonds is 7. The van der Waals surface area contributed by atoms with E-state index >= 15 is 0 Å². The predicted octanol–water partition coefficient (Wildman–Crippen LogP) is 4.49. The van der Waals surface area contributed by atoms with Gasteiger partial charge in [-0.25, -0.2) is 9.59 Å². The maximum Gasteiger partial charge on any atom is 0.328 e. The van der Waals surface area contributed by atoms with Crippen molar-refractivity contribution in [3.8, 4) is 0 Å². The first-order valence-electron chi connectivity index (χ1n) is 11.7. The molecular formula is C26H38N2O5. The highest BCUT2D eigenvalue weighted by Gasteiger charge is 2.51. The van der Waals surface area contributed by atoms with E-state index in [-0.39, 0.29) is 10.8 Å². The van der Waals surface area contributed by atoms with E-state index in [1.807, 2.05) is 0 Å². The van der Waals surface area contributed by atoms with Crippen LogP contribution in [0.15, 0.2) is 35.5 Å². The van der Waals surface area contributed by atoms with E-state index in [9.17, 15) is 9.59 Å². The summed E-state index contributed by atoms with van der Waals surface area (Å²) >= 11 is 0. The molecule has 182 valence electrons. The topological polar surface area (TPSA) is 122 Å². The second-order valence-electron chi connectivity index (χ2n) is 9.81. The Morgan fingerprint density at radius 1 is 1.21 bits per heavy atom. The summed E-state index contributed by atoms with van der Waals surface area (Å²) in [4.78, 5) is 24.4. The summed E-state index contributed by atoms with van der Waals surface area (Å²) in [5.41, 5.74) is 10.5. The molecular weight excluding hydrogens is 420 g/mol. The van der Waals surface area contributed by atoms with E-state index in [0.717, 1.165) is 0 Å². The second kappa shape index (κ2) is 11.5. The number of nitrogens with two attached hydrogens (primary N) is 1. The summed E-state index contributed by atoms with van der Waals surface area (Å²) in [5, 5.41) is 19.9. The minimum absolute atomic E-state index is 0.107. The summed E-state index contributed by atoms with van der Waals surface area (Å²) in [6.07, 6.45) is 9.34. The zero-order chi connectivity index (χ0) is 24.6. The van der Waals surface area contributed by atoms with Gasteiger partial charge in [-0.3, -0.25) is 0 Å². The van der Waals surface area contributed by atoms with Crippen molar-refractivity contribution in [1.82, 2.24) is 0 Å². The number of carboxylic acid groups (broad SMARTS) is 2. The fraction of sp³-hybridized carbons (Fsp3) is 0.577. The molecule has 3 atom stereocenters. The number of hydrogen-bond acceptors (Lipinski definition) is 5. The lowest BCUT2D eigenvalue weighted by molar-refractivity contribution is -0.134. The van der Waals surface area contributed by atoms with Crippen molar-refractivity contribution in [2.75, 3.05) is 13.2 Å². The molecule has 7 nitrogen and oxygen atoms in total. The van der Waals surface area contributed by atoms with Crippen molar-refractivity contribution in [2.24, 2.45) is 22.2 Å². The predicted molar refractivity (Wildman–Crippen MR) is 130 cm³/mol. The average molecular weight is 459 g/mol. The Balaban J connectivity index is 0.000000414. The summed E-state index contributed by atoms with van der Waals surface area (Å²) in [6, 6.07) is 7.23. The van der Waals surface area contributed by atoms with Crippen LogP contribution in [0.25, 0.3) is 0 Å². The zero-order valence-electron chi connectivity index (χ0n) is 20.2. The van der Waals surface area contributed by atoms with Crippen LogP contribution in [0, 0.1) is 11.3 Å². The Labute approximate surface area is 196 Å². The van der Waals surface area contributed by atoms with Crippen LogP contribution in [-0.2, 0) is 26.3 Å². The summed E-state index contributed by atoms with van der Waals surface area (Å²) in [5.74, 6) is -1.30. The van der Waals surface area contributed by atoms with E-state index in [4.69, 9.17) is 20.8 Å². The van der Waals surface area contributed by atoms with Gasteiger partial charge in [-0.05, 0) is 59.6 Å². The van der Waals surface area contributed by atoms with E-state index in [0.29, 0.717) is 37.1 Å². The number of hydrogen-bond donors (Lipinski definition) is 3. The first-order chi connectivity index (χ1) is 15.5. The maximum absolute atomic E-state index is 9.55. The molecule has 0 amide bonds. The third kappa shape index (κ3) is 6.67. The molecule has 0 saturated heterocycles. The van der Waals surface area contributed by atoms with Crippen molar-refractivity contribution in [2.45, 2.75) is 71.1 Å². The Hall–Kier alpha value is -2.67. The van der Waals surface area contributed by atoms with Gasteiger partial charge in [-0.15, -0.1) is 0 Å². The van der Waals surface area contributed by atoms with E-state index in [2.05, 4.69) is 57.3 Å². The fourth-order valence-electron chi connectivity index (χ4n) is 5.48. The summed E-state index contributed by atoms with van der Waals surface area (Å²) in [6.45, 7) is 10.4. The first-order valence-corrected chi connectivity index (χ1v) is 11.7. The highest BCUT2D eigenvalue weighted by atomic mass is 16.6. The van der Waals surface area contributed by atoms with Gasteiger partial charge in [0.25, 0.3) is 0 Å². The number of aryl methyl sites for hydroxylation is 1. The minimum atomic E-state index is -1.26. The van der Waals surface area contributed by atoms with Crippen LogP contribution in [0.3, 0.4) is 0 Å². The molecule has 1 saturated carbocycles. The van der Waals surface area contributed by atoms with Gasteiger partial charge in [0.05, 0.1) is 0 Å². The van der Waals surface area contributed by atoms with Crippen LogP contribution >= 0.6 is 0 Å². The van der Waals surface area contributed by atoms with Gasteiger partial charge < -0.3 is 20.8 Å². The number of fused-ring (bicyclic) bond motifs is 3. The Morgan fingerprint density at radius 3 is 2.45 bits per heavy atom. The van der Waals surface area contributed by atoms with E-state index in [1.54, 1.807) is 11.1 Å². The van der Waals surface area contributed by atoms with Gasteiger partial charge in [0.15, 0.2) is 0 Å². The summed E-state index contributed by atoms with van der Waals surface area (Å²) in [7, 11) is 0. The number of aliphatic carboxylic acids is 2. The van der Waals surface area contributed by atoms with Crippen LogP contribution in [0.4, 0.5) is 0 Å². The smallest absolute Gasteiger partial charge is 0.328 e. The Kier molecular flexibility index (Phi) is 9.23. The van der Waals surface area contributed by atoms with Gasteiger partial charge in [-0.2, -0.15) is 0 Å². The van der Waals surface area contributed by atoms with Crippen molar-refractivity contribution < 1.29 is 24.6 Å². The minimum Gasteiger partial charge on any atom is -0.478 e. The Morgan fingerprint density at radius 2 is 1.88 bits per heavy atom. The molecule has 2 aliphatic rings. The molecule has 0 radical (unpaired) electrons. The van der Waals surface area contributed by atoms with Crippen molar-refractivity contribution in [3.05, 3.63) is 47.0 Å². The van der Waals surface area contributed by atoms with E-state index in [1.165, 1.54) is 37.7 Å². The van der Waals surface area contributed by atoms with Crippen molar-refractivity contribution in [1.29, 1.82) is 0 Å². The molecule has 2 aliphatic carbocycles. The number of nitrogens with zero attached hydrogens (tertiary/aromatic N) is 1. The van der Waals surface area contributed by atoms with Gasteiger partial charge in [0, 0.05) is 30.3 Å². The molecule has 33 heavy (non-hydrogen) atoms.